The summed E-state index contributed by atoms with van der Waals surface area (Å²) in [5.74, 6) is -0.140. The molecule has 0 fully saturated rings. The number of amides is 1. The van der Waals surface area contributed by atoms with E-state index in [9.17, 15) is 4.79 Å². The summed E-state index contributed by atoms with van der Waals surface area (Å²) in [5, 5.41) is 8.83. The van der Waals surface area contributed by atoms with Crippen LogP contribution in [0.3, 0.4) is 0 Å². The molecule has 2 aromatic heterocycles. The van der Waals surface area contributed by atoms with Gasteiger partial charge in [0.05, 0.1) is 27.4 Å². The predicted molar refractivity (Wildman–Crippen MR) is 102 cm³/mol. The summed E-state index contributed by atoms with van der Waals surface area (Å²) in [4.78, 5) is 17.3. The molecule has 0 unspecified atom stereocenters. The van der Waals surface area contributed by atoms with Crippen LogP contribution in [0.4, 0.5) is 0 Å². The lowest BCUT2D eigenvalue weighted by atomic mass is 10.1. The molecule has 3 rings (SSSR count). The van der Waals surface area contributed by atoms with Crippen molar-refractivity contribution in [3.63, 3.8) is 0 Å². The molecule has 1 N–H and O–H groups in total. The number of methoxy groups -OCH3 is 1. The van der Waals surface area contributed by atoms with Crippen molar-refractivity contribution in [2.24, 2.45) is 0 Å². The van der Waals surface area contributed by atoms with E-state index in [4.69, 9.17) is 16.3 Å². The number of halogens is 1. The number of ether oxygens (including phenoxy) is 1. The second kappa shape index (κ2) is 7.85. The number of carbonyl (C=O) groups excluding carboxylic acids is 1. The number of carbonyl (C=O) groups is 1. The molecule has 3 aromatic rings. The Morgan fingerprint density at radius 1 is 1.31 bits per heavy atom. The minimum Gasteiger partial charge on any atom is -0.385 e. The zero-order chi connectivity index (χ0) is 18.7. The summed E-state index contributed by atoms with van der Waals surface area (Å²) >= 11 is 6.33. The van der Waals surface area contributed by atoms with Crippen LogP contribution in [-0.2, 0) is 4.74 Å². The first-order valence-electron chi connectivity index (χ1n) is 8.42. The highest BCUT2D eigenvalue weighted by Crippen LogP contribution is 2.27. The molecule has 7 heteroatoms. The monoisotopic (exact) mass is 372 g/mol. The summed E-state index contributed by atoms with van der Waals surface area (Å²) in [7, 11) is 1.64. The van der Waals surface area contributed by atoms with Gasteiger partial charge >= 0.3 is 0 Å². The van der Waals surface area contributed by atoms with Gasteiger partial charge in [0.25, 0.3) is 5.91 Å². The van der Waals surface area contributed by atoms with Gasteiger partial charge in [-0.3, -0.25) is 4.79 Å². The number of nitrogens with zero attached hydrogens (tertiary/aromatic N) is 3. The molecule has 6 nitrogen and oxygen atoms in total. The maximum absolute atomic E-state index is 12.7. The molecule has 26 heavy (non-hydrogen) atoms. The number of aryl methyl sites for hydroxylation is 2. The zero-order valence-electron chi connectivity index (χ0n) is 15.0. The van der Waals surface area contributed by atoms with Crippen molar-refractivity contribution >= 4 is 28.5 Å². The molecule has 0 bridgehead atoms. The third-order valence-electron chi connectivity index (χ3n) is 4.08. The molecule has 0 saturated carbocycles. The van der Waals surface area contributed by atoms with E-state index in [1.807, 2.05) is 32.0 Å². The normalized spacial score (nSPS) is 11.1. The summed E-state index contributed by atoms with van der Waals surface area (Å²) in [6.07, 6.45) is 0.757. The number of hydrogen-bond donors (Lipinski definition) is 1. The van der Waals surface area contributed by atoms with Crippen molar-refractivity contribution < 1.29 is 9.53 Å². The maximum Gasteiger partial charge on any atom is 0.252 e. The average molecular weight is 373 g/mol. The molecule has 0 spiro atoms. The quantitative estimate of drug-likeness (QED) is 0.673. The Kier molecular flexibility index (Phi) is 5.54. The molecular weight excluding hydrogens is 352 g/mol. The maximum atomic E-state index is 12.7. The Labute approximate surface area is 157 Å². The van der Waals surface area contributed by atoms with Crippen LogP contribution >= 0.6 is 11.6 Å². The first-order chi connectivity index (χ1) is 12.5. The number of fused-ring (bicyclic) bond motifs is 1. The van der Waals surface area contributed by atoms with Gasteiger partial charge in [0.2, 0.25) is 0 Å². The van der Waals surface area contributed by atoms with Crippen molar-refractivity contribution in [1.82, 2.24) is 20.1 Å². The standard InChI is InChI=1S/C19H21ClN4O2/c1-12-11-14(19(25)21-9-6-10-26-3)17-13(2)23-24(18(17)22-12)16-8-5-4-7-15(16)20/h4-5,7-8,11H,6,9-10H2,1-3H3,(H,21,25). The summed E-state index contributed by atoms with van der Waals surface area (Å²) in [6.45, 7) is 4.89. The SMILES string of the molecule is COCCCNC(=O)c1cc(C)nc2c1c(C)nn2-c1ccccc1Cl. The van der Waals surface area contributed by atoms with Crippen LogP contribution in [0, 0.1) is 13.8 Å². The van der Waals surface area contributed by atoms with E-state index in [0.29, 0.717) is 29.4 Å². The van der Waals surface area contributed by atoms with Gasteiger partial charge in [-0.25, -0.2) is 9.67 Å². The molecule has 0 aliphatic carbocycles. The van der Waals surface area contributed by atoms with E-state index in [1.54, 1.807) is 23.9 Å². The van der Waals surface area contributed by atoms with Crippen molar-refractivity contribution in [3.05, 3.63) is 52.3 Å². The molecule has 0 aliphatic heterocycles. The average Bonchev–Trinajstić information content (AvgIpc) is 2.94. The lowest BCUT2D eigenvalue weighted by Crippen LogP contribution is -2.25. The largest absolute Gasteiger partial charge is 0.385 e. The van der Waals surface area contributed by atoms with E-state index in [-0.39, 0.29) is 5.91 Å². The lowest BCUT2D eigenvalue weighted by molar-refractivity contribution is 0.0950. The molecule has 2 heterocycles. The Balaban J connectivity index is 2.07. The molecule has 1 amide bonds. The first-order valence-corrected chi connectivity index (χ1v) is 8.79. The number of benzene rings is 1. The number of hydrogen-bond acceptors (Lipinski definition) is 4. The number of nitrogens with one attached hydrogen (secondary N) is 1. The number of pyridine rings is 1. The molecule has 0 radical (unpaired) electrons. The summed E-state index contributed by atoms with van der Waals surface area (Å²) < 4.78 is 6.71. The Morgan fingerprint density at radius 3 is 2.81 bits per heavy atom. The minimum absolute atomic E-state index is 0.140. The summed E-state index contributed by atoms with van der Waals surface area (Å²) in [5.41, 5.74) is 3.40. The van der Waals surface area contributed by atoms with Gasteiger partial charge in [0, 0.05) is 26.0 Å². The van der Waals surface area contributed by atoms with E-state index in [2.05, 4.69) is 15.4 Å². The zero-order valence-corrected chi connectivity index (χ0v) is 15.8. The highest BCUT2D eigenvalue weighted by Gasteiger charge is 2.20. The predicted octanol–water partition coefficient (Wildman–Crippen LogP) is 3.46. The fourth-order valence-electron chi connectivity index (χ4n) is 2.90. The third-order valence-corrected chi connectivity index (χ3v) is 4.40. The van der Waals surface area contributed by atoms with Crippen molar-refractivity contribution in [1.29, 1.82) is 0 Å². The van der Waals surface area contributed by atoms with Gasteiger partial charge in [0.1, 0.15) is 0 Å². The van der Waals surface area contributed by atoms with E-state index >= 15 is 0 Å². The Hall–Kier alpha value is -2.44. The van der Waals surface area contributed by atoms with Crippen LogP contribution in [0.15, 0.2) is 30.3 Å². The molecular formula is C19H21ClN4O2. The van der Waals surface area contributed by atoms with Crippen LogP contribution in [0.1, 0.15) is 28.2 Å². The molecule has 0 aliphatic rings. The Bertz CT molecular complexity index is 952. The van der Waals surface area contributed by atoms with Gasteiger partial charge in [-0.2, -0.15) is 5.10 Å². The van der Waals surface area contributed by atoms with E-state index < -0.39 is 0 Å². The smallest absolute Gasteiger partial charge is 0.252 e. The van der Waals surface area contributed by atoms with Crippen LogP contribution in [0.2, 0.25) is 5.02 Å². The van der Waals surface area contributed by atoms with Gasteiger partial charge in [0.15, 0.2) is 5.65 Å². The van der Waals surface area contributed by atoms with E-state index in [0.717, 1.165) is 28.9 Å². The van der Waals surface area contributed by atoms with Gasteiger partial charge in [-0.05, 0) is 38.5 Å². The fourth-order valence-corrected chi connectivity index (χ4v) is 3.11. The number of rotatable bonds is 6. The fraction of sp³-hybridized carbons (Fsp3) is 0.316. The van der Waals surface area contributed by atoms with Gasteiger partial charge in [-0.1, -0.05) is 23.7 Å². The van der Waals surface area contributed by atoms with Crippen LogP contribution in [0.25, 0.3) is 16.7 Å². The van der Waals surface area contributed by atoms with Crippen LogP contribution in [0.5, 0.6) is 0 Å². The van der Waals surface area contributed by atoms with Crippen LogP contribution < -0.4 is 5.32 Å². The van der Waals surface area contributed by atoms with Crippen molar-refractivity contribution in [3.8, 4) is 5.69 Å². The highest BCUT2D eigenvalue weighted by molar-refractivity contribution is 6.32. The number of para-hydroxylation sites is 1. The second-order valence-electron chi connectivity index (χ2n) is 6.06. The second-order valence-corrected chi connectivity index (χ2v) is 6.47. The lowest BCUT2D eigenvalue weighted by Gasteiger charge is -2.09. The number of aromatic nitrogens is 3. The van der Waals surface area contributed by atoms with Gasteiger partial charge < -0.3 is 10.1 Å². The Morgan fingerprint density at radius 2 is 2.08 bits per heavy atom. The van der Waals surface area contributed by atoms with Crippen molar-refractivity contribution in [2.75, 3.05) is 20.3 Å². The minimum atomic E-state index is -0.140. The topological polar surface area (TPSA) is 69.0 Å². The van der Waals surface area contributed by atoms with Crippen molar-refractivity contribution in [2.45, 2.75) is 20.3 Å². The molecule has 1 aromatic carbocycles. The molecule has 0 saturated heterocycles. The van der Waals surface area contributed by atoms with Crippen LogP contribution in [-0.4, -0.2) is 40.9 Å². The summed E-state index contributed by atoms with van der Waals surface area (Å²) in [6, 6.07) is 9.23. The van der Waals surface area contributed by atoms with E-state index in [1.165, 1.54) is 0 Å². The van der Waals surface area contributed by atoms with Gasteiger partial charge in [-0.15, -0.1) is 0 Å². The molecule has 0 atom stereocenters. The first kappa shape index (κ1) is 18.4. The highest BCUT2D eigenvalue weighted by atomic mass is 35.5. The third kappa shape index (κ3) is 3.57. The molecule has 136 valence electrons.